The van der Waals surface area contributed by atoms with Crippen molar-refractivity contribution in [1.82, 2.24) is 9.29 Å². The third-order valence-electron chi connectivity index (χ3n) is 3.49. The lowest BCUT2D eigenvalue weighted by atomic mass is 10.1. The number of halogens is 1. The zero-order chi connectivity index (χ0) is 15.0. The molecule has 5 nitrogen and oxygen atoms in total. The Balaban J connectivity index is 2.02. The van der Waals surface area contributed by atoms with Crippen LogP contribution in [0.4, 0.5) is 5.82 Å². The lowest BCUT2D eigenvalue weighted by Gasteiger charge is -2.17. The summed E-state index contributed by atoms with van der Waals surface area (Å²) in [6, 6.07) is 9.35. The fraction of sp³-hybridized carbons (Fsp3) is 0.214. The van der Waals surface area contributed by atoms with Gasteiger partial charge in [-0.15, -0.1) is 0 Å². The second kappa shape index (κ2) is 5.40. The van der Waals surface area contributed by atoms with E-state index in [9.17, 15) is 8.42 Å². The van der Waals surface area contributed by atoms with Crippen LogP contribution in [0.15, 0.2) is 45.9 Å². The summed E-state index contributed by atoms with van der Waals surface area (Å²) in [5, 5.41) is 2.84. The van der Waals surface area contributed by atoms with E-state index in [0.717, 1.165) is 11.1 Å². The van der Waals surface area contributed by atoms with E-state index in [1.807, 2.05) is 24.3 Å². The van der Waals surface area contributed by atoms with Gasteiger partial charge in [0.1, 0.15) is 10.7 Å². The normalized spacial score (nSPS) is 15.0. The minimum absolute atomic E-state index is 0.187. The molecule has 0 spiro atoms. The van der Waals surface area contributed by atoms with Crippen molar-refractivity contribution < 1.29 is 8.42 Å². The maximum atomic E-state index is 12.9. The number of hydrogen-bond donors (Lipinski definition) is 1. The molecule has 3 rings (SSSR count). The first-order valence-corrected chi connectivity index (χ1v) is 8.66. The molecular formula is C14H14BrN3O2S. The van der Waals surface area contributed by atoms with Crippen molar-refractivity contribution in [2.24, 2.45) is 0 Å². The summed E-state index contributed by atoms with van der Waals surface area (Å²) in [7, 11) is -1.93. The van der Waals surface area contributed by atoms with E-state index in [1.165, 1.54) is 4.31 Å². The van der Waals surface area contributed by atoms with Crippen molar-refractivity contribution in [2.75, 3.05) is 12.4 Å². The van der Waals surface area contributed by atoms with Crippen molar-refractivity contribution in [3.63, 3.8) is 0 Å². The Bertz CT molecular complexity index is 768. The van der Waals surface area contributed by atoms with Crippen LogP contribution in [-0.4, -0.2) is 24.8 Å². The van der Waals surface area contributed by atoms with Gasteiger partial charge in [0.25, 0.3) is 0 Å². The van der Waals surface area contributed by atoms with Crippen LogP contribution in [0.5, 0.6) is 0 Å². The first kappa shape index (κ1) is 14.5. The monoisotopic (exact) mass is 367 g/mol. The maximum Gasteiger partial charge on any atom is 0.247 e. The number of nitrogens with one attached hydrogen (secondary N) is 1. The Morgan fingerprint density at radius 3 is 2.43 bits per heavy atom. The highest BCUT2D eigenvalue weighted by atomic mass is 79.9. The SMILES string of the molecule is CNc1ncc(Br)cc1S(=O)(=O)N1Cc2ccccc2C1. The highest BCUT2D eigenvalue weighted by Gasteiger charge is 2.32. The molecule has 0 saturated heterocycles. The van der Waals surface area contributed by atoms with E-state index >= 15 is 0 Å². The molecule has 1 aromatic carbocycles. The molecular weight excluding hydrogens is 354 g/mol. The van der Waals surface area contributed by atoms with Crippen molar-refractivity contribution in [2.45, 2.75) is 18.0 Å². The van der Waals surface area contributed by atoms with E-state index in [2.05, 4.69) is 26.2 Å². The first-order chi connectivity index (χ1) is 10.0. The summed E-state index contributed by atoms with van der Waals surface area (Å²) >= 11 is 3.28. The molecule has 0 unspecified atom stereocenters. The predicted molar refractivity (Wildman–Crippen MR) is 84.4 cm³/mol. The third-order valence-corrected chi connectivity index (χ3v) is 5.72. The van der Waals surface area contributed by atoms with Gasteiger partial charge in [0.2, 0.25) is 10.0 Å². The predicted octanol–water partition coefficient (Wildman–Crippen LogP) is 2.59. The first-order valence-electron chi connectivity index (χ1n) is 6.42. The molecule has 0 fully saturated rings. The van der Waals surface area contributed by atoms with Crippen molar-refractivity contribution in [3.8, 4) is 0 Å². The van der Waals surface area contributed by atoms with Gasteiger partial charge in [-0.3, -0.25) is 0 Å². The fourth-order valence-corrected chi connectivity index (χ4v) is 4.47. The Morgan fingerprint density at radius 1 is 1.24 bits per heavy atom. The van der Waals surface area contributed by atoms with Crippen LogP contribution in [0.1, 0.15) is 11.1 Å². The molecule has 7 heteroatoms. The molecule has 110 valence electrons. The van der Waals surface area contributed by atoms with Crippen LogP contribution < -0.4 is 5.32 Å². The Morgan fingerprint density at radius 2 is 1.86 bits per heavy atom. The number of aromatic nitrogens is 1. The number of nitrogens with zero attached hydrogens (tertiary/aromatic N) is 2. The lowest BCUT2D eigenvalue weighted by Crippen LogP contribution is -2.26. The highest BCUT2D eigenvalue weighted by molar-refractivity contribution is 9.10. The van der Waals surface area contributed by atoms with Crippen LogP contribution in [0, 0.1) is 0 Å². The summed E-state index contributed by atoms with van der Waals surface area (Å²) in [6.07, 6.45) is 1.57. The standard InChI is InChI=1S/C14H14BrN3O2S/c1-16-14-13(6-12(15)7-17-14)21(19,20)18-8-10-4-2-3-5-11(10)9-18/h2-7H,8-9H2,1H3,(H,16,17). The van der Waals surface area contributed by atoms with Gasteiger partial charge in [-0.25, -0.2) is 13.4 Å². The summed E-state index contributed by atoms with van der Waals surface area (Å²) < 4.78 is 27.8. The molecule has 0 aliphatic carbocycles. The van der Waals surface area contributed by atoms with Gasteiger partial charge in [-0.1, -0.05) is 24.3 Å². The van der Waals surface area contributed by atoms with Crippen molar-refractivity contribution >= 4 is 31.8 Å². The zero-order valence-electron chi connectivity index (χ0n) is 11.4. The van der Waals surface area contributed by atoms with Gasteiger partial charge < -0.3 is 5.32 Å². The Labute approximate surface area is 132 Å². The van der Waals surface area contributed by atoms with Gasteiger partial charge in [-0.05, 0) is 33.1 Å². The van der Waals surface area contributed by atoms with Gasteiger partial charge >= 0.3 is 0 Å². The van der Waals surface area contributed by atoms with E-state index in [1.54, 1.807) is 19.3 Å². The van der Waals surface area contributed by atoms with Gasteiger partial charge in [-0.2, -0.15) is 4.31 Å². The third kappa shape index (κ3) is 2.56. The minimum Gasteiger partial charge on any atom is -0.372 e. The van der Waals surface area contributed by atoms with Crippen LogP contribution in [0.2, 0.25) is 0 Å². The van der Waals surface area contributed by atoms with Crippen LogP contribution >= 0.6 is 15.9 Å². The molecule has 0 amide bonds. The number of sulfonamides is 1. The number of pyridine rings is 1. The fourth-order valence-electron chi connectivity index (χ4n) is 2.42. The lowest BCUT2D eigenvalue weighted by molar-refractivity contribution is 0.431. The number of anilines is 1. The second-order valence-electron chi connectivity index (χ2n) is 4.79. The topological polar surface area (TPSA) is 62.3 Å². The number of hydrogen-bond acceptors (Lipinski definition) is 4. The van der Waals surface area contributed by atoms with Gasteiger partial charge in [0, 0.05) is 30.8 Å². The molecule has 1 aliphatic rings. The molecule has 21 heavy (non-hydrogen) atoms. The minimum atomic E-state index is -3.59. The molecule has 2 aromatic rings. The number of benzene rings is 1. The molecule has 0 saturated carbocycles. The second-order valence-corrected chi connectivity index (χ2v) is 7.61. The summed E-state index contributed by atoms with van der Waals surface area (Å²) in [6.45, 7) is 0.794. The summed E-state index contributed by atoms with van der Waals surface area (Å²) in [5.74, 6) is 0.356. The van der Waals surface area contributed by atoms with E-state index in [0.29, 0.717) is 23.4 Å². The number of fused-ring (bicyclic) bond motifs is 1. The Kier molecular flexibility index (Phi) is 3.73. The van der Waals surface area contributed by atoms with Crippen LogP contribution in [0.3, 0.4) is 0 Å². The molecule has 2 heterocycles. The molecule has 1 aliphatic heterocycles. The molecule has 0 atom stereocenters. The van der Waals surface area contributed by atoms with Crippen LogP contribution in [0.25, 0.3) is 0 Å². The van der Waals surface area contributed by atoms with Gasteiger partial charge in [0.05, 0.1) is 0 Å². The molecule has 1 N–H and O–H groups in total. The van der Waals surface area contributed by atoms with E-state index in [4.69, 9.17) is 0 Å². The summed E-state index contributed by atoms with van der Waals surface area (Å²) in [5.41, 5.74) is 2.10. The van der Waals surface area contributed by atoms with E-state index < -0.39 is 10.0 Å². The quantitative estimate of drug-likeness (QED) is 0.905. The molecule has 1 aromatic heterocycles. The van der Waals surface area contributed by atoms with E-state index in [-0.39, 0.29) is 4.90 Å². The highest BCUT2D eigenvalue weighted by Crippen LogP contribution is 2.31. The largest absolute Gasteiger partial charge is 0.372 e. The molecule has 0 bridgehead atoms. The number of rotatable bonds is 3. The van der Waals surface area contributed by atoms with Crippen molar-refractivity contribution in [1.29, 1.82) is 0 Å². The average Bonchev–Trinajstić information content (AvgIpc) is 2.92. The van der Waals surface area contributed by atoms with Crippen molar-refractivity contribution in [3.05, 3.63) is 52.1 Å². The average molecular weight is 368 g/mol. The zero-order valence-corrected chi connectivity index (χ0v) is 13.8. The smallest absolute Gasteiger partial charge is 0.247 e. The Hall–Kier alpha value is -1.44. The van der Waals surface area contributed by atoms with Crippen LogP contribution in [-0.2, 0) is 23.1 Å². The molecule has 0 radical (unpaired) electrons. The summed E-state index contributed by atoms with van der Waals surface area (Å²) in [4.78, 5) is 4.31. The maximum absolute atomic E-state index is 12.9. The van der Waals surface area contributed by atoms with Gasteiger partial charge in [0.15, 0.2) is 0 Å².